The molecule has 0 aliphatic rings. The number of nitrogens with zero attached hydrogens (tertiary/aromatic N) is 3. The molecule has 22 heavy (non-hydrogen) atoms. The second-order valence-electron chi connectivity index (χ2n) is 4.83. The summed E-state index contributed by atoms with van der Waals surface area (Å²) < 4.78 is 6.62. The molecule has 0 saturated heterocycles. The van der Waals surface area contributed by atoms with Crippen LogP contribution in [0.25, 0.3) is 0 Å². The summed E-state index contributed by atoms with van der Waals surface area (Å²) in [4.78, 5) is 31.9. The van der Waals surface area contributed by atoms with Crippen LogP contribution in [-0.2, 0) is 6.54 Å². The number of hydrogen-bond donors (Lipinski definition) is 1. The summed E-state index contributed by atoms with van der Waals surface area (Å²) in [7, 11) is 1.52. The van der Waals surface area contributed by atoms with Crippen LogP contribution in [0.2, 0.25) is 0 Å². The molecule has 116 valence electrons. The molecule has 0 unspecified atom stereocenters. The number of aryl methyl sites for hydroxylation is 2. The van der Waals surface area contributed by atoms with E-state index >= 15 is 0 Å². The largest absolute Gasteiger partial charge is 0.496 e. The predicted octanol–water partition coefficient (Wildman–Crippen LogP) is 0.694. The maximum Gasteiger partial charge on any atom is 0.271 e. The summed E-state index contributed by atoms with van der Waals surface area (Å²) in [5.74, 6) is 0.212. The van der Waals surface area contributed by atoms with Crippen molar-refractivity contribution in [1.29, 1.82) is 0 Å². The lowest BCUT2D eigenvalue weighted by Gasteiger charge is -2.11. The smallest absolute Gasteiger partial charge is 0.271 e. The Kier molecular flexibility index (Phi) is 4.88. The maximum atomic E-state index is 12.0. The fraction of sp³-hybridized carbons (Fsp3) is 0.333. The van der Waals surface area contributed by atoms with E-state index in [1.807, 2.05) is 6.92 Å². The van der Waals surface area contributed by atoms with Crippen molar-refractivity contribution in [3.8, 4) is 5.75 Å². The molecule has 0 atom stereocenters. The zero-order valence-corrected chi connectivity index (χ0v) is 12.8. The molecule has 0 fully saturated rings. The third-order valence-corrected chi connectivity index (χ3v) is 3.18. The number of rotatable bonds is 5. The molecule has 0 aliphatic carbocycles. The van der Waals surface area contributed by atoms with Gasteiger partial charge in [-0.2, -0.15) is 0 Å². The molecule has 0 bridgehead atoms. The molecule has 7 heteroatoms. The topological polar surface area (TPSA) is 86.1 Å². The number of carbonyl (C=O) groups is 1. The van der Waals surface area contributed by atoms with E-state index in [1.54, 1.807) is 17.6 Å². The van der Waals surface area contributed by atoms with Gasteiger partial charge in [-0.1, -0.05) is 0 Å². The van der Waals surface area contributed by atoms with Crippen molar-refractivity contribution in [2.24, 2.45) is 0 Å². The van der Waals surface area contributed by atoms with Crippen molar-refractivity contribution in [2.75, 3.05) is 13.7 Å². The highest BCUT2D eigenvalue weighted by Crippen LogP contribution is 2.08. The molecule has 2 heterocycles. The van der Waals surface area contributed by atoms with Crippen LogP contribution in [0.15, 0.2) is 29.3 Å². The molecule has 0 aromatic carbocycles. The van der Waals surface area contributed by atoms with Crippen molar-refractivity contribution in [3.63, 3.8) is 0 Å². The molecule has 2 aromatic rings. The third kappa shape index (κ3) is 3.69. The van der Waals surface area contributed by atoms with E-state index in [9.17, 15) is 9.59 Å². The van der Waals surface area contributed by atoms with Crippen LogP contribution in [0.4, 0.5) is 0 Å². The number of ether oxygens (including phenoxy) is 1. The highest BCUT2D eigenvalue weighted by molar-refractivity contribution is 5.91. The monoisotopic (exact) mass is 302 g/mol. The van der Waals surface area contributed by atoms with E-state index in [1.165, 1.54) is 25.6 Å². The molecule has 1 amide bonds. The summed E-state index contributed by atoms with van der Waals surface area (Å²) >= 11 is 0. The third-order valence-electron chi connectivity index (χ3n) is 3.18. The highest BCUT2D eigenvalue weighted by Gasteiger charge is 2.08. The van der Waals surface area contributed by atoms with Gasteiger partial charge in [0, 0.05) is 31.0 Å². The Labute approximate surface area is 128 Å². The van der Waals surface area contributed by atoms with Crippen molar-refractivity contribution in [1.82, 2.24) is 19.9 Å². The number of hydrogen-bond acceptors (Lipinski definition) is 5. The molecular weight excluding hydrogens is 284 g/mol. The Morgan fingerprint density at radius 1 is 1.27 bits per heavy atom. The second-order valence-corrected chi connectivity index (χ2v) is 4.83. The van der Waals surface area contributed by atoms with Gasteiger partial charge in [0.2, 0.25) is 0 Å². The van der Waals surface area contributed by atoms with Crippen LogP contribution in [0.5, 0.6) is 5.75 Å². The normalized spacial score (nSPS) is 10.3. The van der Waals surface area contributed by atoms with Crippen LogP contribution in [-0.4, -0.2) is 34.1 Å². The first kappa shape index (κ1) is 15.7. The summed E-state index contributed by atoms with van der Waals surface area (Å²) in [6.07, 6.45) is 2.96. The minimum absolute atomic E-state index is 0.166. The first-order valence-electron chi connectivity index (χ1n) is 6.83. The lowest BCUT2D eigenvalue weighted by atomic mass is 10.3. The number of methoxy groups -OCH3 is 1. The molecule has 7 nitrogen and oxygen atoms in total. The molecule has 0 spiro atoms. The fourth-order valence-corrected chi connectivity index (χ4v) is 1.98. The number of carbonyl (C=O) groups excluding carboxylic acids is 1. The van der Waals surface area contributed by atoms with Crippen LogP contribution in [0, 0.1) is 13.8 Å². The van der Waals surface area contributed by atoms with Crippen LogP contribution in [0.1, 0.15) is 21.9 Å². The Morgan fingerprint density at radius 3 is 2.64 bits per heavy atom. The Morgan fingerprint density at radius 2 is 2.05 bits per heavy atom. The Balaban J connectivity index is 1.98. The SMILES string of the molecule is COc1cc(C)n(CCNC(=O)c2cnc(C)cn2)c(=O)c1. The van der Waals surface area contributed by atoms with E-state index < -0.39 is 0 Å². The molecule has 0 radical (unpaired) electrons. The van der Waals surface area contributed by atoms with E-state index in [0.717, 1.165) is 11.4 Å². The molecule has 0 saturated carbocycles. The summed E-state index contributed by atoms with van der Waals surface area (Å²) in [5, 5.41) is 2.72. The number of nitrogens with one attached hydrogen (secondary N) is 1. The first-order chi connectivity index (χ1) is 10.5. The van der Waals surface area contributed by atoms with Crippen molar-refractivity contribution < 1.29 is 9.53 Å². The van der Waals surface area contributed by atoms with Gasteiger partial charge in [-0.15, -0.1) is 0 Å². The predicted molar refractivity (Wildman–Crippen MR) is 81.1 cm³/mol. The standard InChI is InChI=1S/C15H18N4O3/c1-10-8-18-13(9-17-10)15(21)16-4-5-19-11(2)6-12(22-3)7-14(19)20/h6-9H,4-5H2,1-3H3,(H,16,21). The zero-order valence-electron chi connectivity index (χ0n) is 12.8. The van der Waals surface area contributed by atoms with Crippen LogP contribution in [0.3, 0.4) is 0 Å². The molecule has 0 aliphatic heterocycles. The van der Waals surface area contributed by atoms with E-state index in [0.29, 0.717) is 18.8 Å². The van der Waals surface area contributed by atoms with Gasteiger partial charge < -0.3 is 14.6 Å². The maximum absolute atomic E-state index is 12.0. The number of pyridine rings is 1. The average Bonchev–Trinajstić information content (AvgIpc) is 2.50. The second kappa shape index (κ2) is 6.84. The first-order valence-corrected chi connectivity index (χ1v) is 6.83. The lowest BCUT2D eigenvalue weighted by molar-refractivity contribution is 0.0946. The number of aromatic nitrogens is 3. The van der Waals surface area contributed by atoms with Gasteiger partial charge in [0.05, 0.1) is 19.0 Å². The summed E-state index contributed by atoms with van der Waals surface area (Å²) in [6.45, 7) is 4.31. The van der Waals surface area contributed by atoms with Crippen molar-refractivity contribution >= 4 is 5.91 Å². The quantitative estimate of drug-likeness (QED) is 0.878. The van der Waals surface area contributed by atoms with Crippen LogP contribution < -0.4 is 15.6 Å². The molecular formula is C15H18N4O3. The lowest BCUT2D eigenvalue weighted by Crippen LogP contribution is -2.32. The van der Waals surface area contributed by atoms with Crippen LogP contribution >= 0.6 is 0 Å². The van der Waals surface area contributed by atoms with Gasteiger partial charge in [0.25, 0.3) is 11.5 Å². The van der Waals surface area contributed by atoms with Gasteiger partial charge in [0.1, 0.15) is 11.4 Å². The molecule has 2 rings (SSSR count). The fourth-order valence-electron chi connectivity index (χ4n) is 1.98. The number of amides is 1. The van der Waals surface area contributed by atoms with Crippen molar-refractivity contribution in [3.05, 3.63) is 52.0 Å². The van der Waals surface area contributed by atoms with E-state index in [2.05, 4.69) is 15.3 Å². The molecule has 2 aromatic heterocycles. The van der Waals surface area contributed by atoms with Gasteiger partial charge in [0.15, 0.2) is 0 Å². The summed E-state index contributed by atoms with van der Waals surface area (Å²) in [5.41, 5.74) is 1.61. The van der Waals surface area contributed by atoms with Gasteiger partial charge in [-0.3, -0.25) is 14.6 Å². The summed E-state index contributed by atoms with van der Waals surface area (Å²) in [6, 6.07) is 3.19. The Bertz CT molecular complexity index is 723. The van der Waals surface area contributed by atoms with Crippen molar-refractivity contribution in [2.45, 2.75) is 20.4 Å². The molecule has 1 N–H and O–H groups in total. The Hall–Kier alpha value is -2.70. The minimum Gasteiger partial charge on any atom is -0.496 e. The van der Waals surface area contributed by atoms with Gasteiger partial charge in [-0.05, 0) is 19.9 Å². The average molecular weight is 302 g/mol. The van der Waals surface area contributed by atoms with E-state index in [-0.39, 0.29) is 17.2 Å². The van der Waals surface area contributed by atoms with Gasteiger partial charge >= 0.3 is 0 Å². The van der Waals surface area contributed by atoms with E-state index in [4.69, 9.17) is 4.74 Å². The highest BCUT2D eigenvalue weighted by atomic mass is 16.5. The zero-order chi connectivity index (χ0) is 16.1. The minimum atomic E-state index is -0.313. The van der Waals surface area contributed by atoms with Gasteiger partial charge in [-0.25, -0.2) is 4.98 Å².